The second-order valence-corrected chi connectivity index (χ2v) is 7.03. The SMILES string of the molecule is COc1ccc(C(NC(=O)c2cc(SC)ccc2C)C(C)C)cc1. The van der Waals surface area contributed by atoms with Gasteiger partial charge in [0.05, 0.1) is 13.2 Å². The highest BCUT2D eigenvalue weighted by Gasteiger charge is 2.20. The molecule has 0 saturated heterocycles. The van der Waals surface area contributed by atoms with E-state index in [1.54, 1.807) is 18.9 Å². The molecule has 0 heterocycles. The molecule has 0 saturated carbocycles. The molecule has 0 aliphatic heterocycles. The highest BCUT2D eigenvalue weighted by Crippen LogP contribution is 2.25. The number of hydrogen-bond donors (Lipinski definition) is 1. The van der Waals surface area contributed by atoms with Gasteiger partial charge in [0.1, 0.15) is 5.75 Å². The molecule has 1 amide bonds. The van der Waals surface area contributed by atoms with Crippen molar-refractivity contribution in [2.45, 2.75) is 31.7 Å². The van der Waals surface area contributed by atoms with Crippen LogP contribution in [0.2, 0.25) is 0 Å². The second kappa shape index (κ2) is 8.25. The number of benzene rings is 2. The molecule has 0 fully saturated rings. The summed E-state index contributed by atoms with van der Waals surface area (Å²) in [4.78, 5) is 13.9. The monoisotopic (exact) mass is 343 g/mol. The Balaban J connectivity index is 2.25. The average molecular weight is 343 g/mol. The Morgan fingerprint density at radius 2 is 1.79 bits per heavy atom. The fourth-order valence-corrected chi connectivity index (χ4v) is 3.08. The first-order valence-electron chi connectivity index (χ1n) is 8.05. The molecule has 0 aliphatic rings. The zero-order chi connectivity index (χ0) is 17.7. The van der Waals surface area contributed by atoms with Crippen LogP contribution >= 0.6 is 11.8 Å². The van der Waals surface area contributed by atoms with Crippen LogP contribution in [-0.4, -0.2) is 19.3 Å². The Morgan fingerprint density at radius 1 is 1.12 bits per heavy atom. The molecule has 0 radical (unpaired) electrons. The summed E-state index contributed by atoms with van der Waals surface area (Å²) in [6.45, 7) is 6.19. The molecule has 128 valence electrons. The van der Waals surface area contributed by atoms with E-state index >= 15 is 0 Å². The number of nitrogens with one attached hydrogen (secondary N) is 1. The van der Waals surface area contributed by atoms with Gasteiger partial charge in [0.25, 0.3) is 5.91 Å². The smallest absolute Gasteiger partial charge is 0.252 e. The standard InChI is InChI=1S/C20H25NO2S/c1-13(2)19(15-7-9-16(23-4)10-8-15)21-20(22)18-12-17(24-5)11-6-14(18)3/h6-13,19H,1-5H3,(H,21,22). The number of amides is 1. The second-order valence-electron chi connectivity index (χ2n) is 6.15. The molecular weight excluding hydrogens is 318 g/mol. The van der Waals surface area contributed by atoms with Gasteiger partial charge in [-0.3, -0.25) is 4.79 Å². The van der Waals surface area contributed by atoms with E-state index in [0.717, 1.165) is 27.3 Å². The zero-order valence-electron chi connectivity index (χ0n) is 14.9. The third-order valence-corrected chi connectivity index (χ3v) is 4.84. The Morgan fingerprint density at radius 3 is 2.33 bits per heavy atom. The zero-order valence-corrected chi connectivity index (χ0v) is 15.7. The molecule has 0 bridgehead atoms. The molecule has 2 aromatic carbocycles. The maximum Gasteiger partial charge on any atom is 0.252 e. The molecule has 2 aromatic rings. The van der Waals surface area contributed by atoms with Crippen molar-refractivity contribution in [3.8, 4) is 5.75 Å². The minimum Gasteiger partial charge on any atom is -0.497 e. The summed E-state index contributed by atoms with van der Waals surface area (Å²) in [5.74, 6) is 1.07. The van der Waals surface area contributed by atoms with Gasteiger partial charge in [-0.05, 0) is 54.5 Å². The number of methoxy groups -OCH3 is 1. The molecule has 0 aromatic heterocycles. The molecule has 1 atom stereocenters. The quantitative estimate of drug-likeness (QED) is 0.762. The van der Waals surface area contributed by atoms with E-state index < -0.39 is 0 Å². The summed E-state index contributed by atoms with van der Waals surface area (Å²) in [6, 6.07) is 13.8. The largest absolute Gasteiger partial charge is 0.497 e. The Hall–Kier alpha value is -1.94. The van der Waals surface area contributed by atoms with E-state index in [9.17, 15) is 4.79 Å². The number of carbonyl (C=O) groups is 1. The first kappa shape index (κ1) is 18.4. The first-order chi connectivity index (χ1) is 11.5. The predicted octanol–water partition coefficient (Wildman–Crippen LogP) is 4.85. The number of ether oxygens (including phenoxy) is 1. The first-order valence-corrected chi connectivity index (χ1v) is 9.28. The van der Waals surface area contributed by atoms with Gasteiger partial charge in [-0.1, -0.05) is 32.0 Å². The molecule has 1 N–H and O–H groups in total. The lowest BCUT2D eigenvalue weighted by molar-refractivity contribution is 0.0924. The third kappa shape index (κ3) is 4.32. The number of rotatable bonds is 6. The lowest BCUT2D eigenvalue weighted by atomic mass is 9.95. The predicted molar refractivity (Wildman–Crippen MR) is 101 cm³/mol. The minimum atomic E-state index is -0.0410. The van der Waals surface area contributed by atoms with Crippen LogP contribution in [0, 0.1) is 12.8 Å². The maximum absolute atomic E-state index is 12.8. The van der Waals surface area contributed by atoms with Crippen molar-refractivity contribution in [1.29, 1.82) is 0 Å². The van der Waals surface area contributed by atoms with Crippen molar-refractivity contribution in [3.05, 3.63) is 59.2 Å². The van der Waals surface area contributed by atoms with E-state index in [0.29, 0.717) is 0 Å². The molecule has 3 nitrogen and oxygen atoms in total. The summed E-state index contributed by atoms with van der Waals surface area (Å²) in [5.41, 5.74) is 2.81. The topological polar surface area (TPSA) is 38.3 Å². The van der Waals surface area contributed by atoms with Crippen LogP contribution in [0.5, 0.6) is 5.75 Å². The maximum atomic E-state index is 12.8. The van der Waals surface area contributed by atoms with Crippen LogP contribution in [0.1, 0.15) is 41.4 Å². The summed E-state index contributed by atoms with van der Waals surface area (Å²) < 4.78 is 5.21. The van der Waals surface area contributed by atoms with E-state index in [2.05, 4.69) is 19.2 Å². The van der Waals surface area contributed by atoms with Crippen LogP contribution in [0.3, 0.4) is 0 Å². The summed E-state index contributed by atoms with van der Waals surface area (Å²) in [7, 11) is 1.65. The van der Waals surface area contributed by atoms with Crippen molar-refractivity contribution in [2.75, 3.05) is 13.4 Å². The molecular formula is C20H25NO2S. The van der Waals surface area contributed by atoms with Crippen molar-refractivity contribution in [2.24, 2.45) is 5.92 Å². The Kier molecular flexibility index (Phi) is 6.32. The minimum absolute atomic E-state index is 0.0297. The van der Waals surface area contributed by atoms with E-state index in [-0.39, 0.29) is 17.9 Å². The van der Waals surface area contributed by atoms with Crippen LogP contribution in [0.15, 0.2) is 47.4 Å². The van der Waals surface area contributed by atoms with Crippen LogP contribution in [0.4, 0.5) is 0 Å². The van der Waals surface area contributed by atoms with Crippen LogP contribution in [-0.2, 0) is 0 Å². The van der Waals surface area contributed by atoms with Crippen molar-refractivity contribution in [1.82, 2.24) is 5.32 Å². The van der Waals surface area contributed by atoms with Crippen LogP contribution in [0.25, 0.3) is 0 Å². The van der Waals surface area contributed by atoms with Crippen LogP contribution < -0.4 is 10.1 Å². The molecule has 4 heteroatoms. The molecule has 0 spiro atoms. The van der Waals surface area contributed by atoms with Crippen molar-refractivity contribution >= 4 is 17.7 Å². The molecule has 2 rings (SSSR count). The fraction of sp³-hybridized carbons (Fsp3) is 0.350. The lowest BCUT2D eigenvalue weighted by Crippen LogP contribution is -2.32. The molecule has 24 heavy (non-hydrogen) atoms. The summed E-state index contributed by atoms with van der Waals surface area (Å²) in [6.07, 6.45) is 2.01. The van der Waals surface area contributed by atoms with Gasteiger partial charge in [0.15, 0.2) is 0 Å². The van der Waals surface area contributed by atoms with Gasteiger partial charge >= 0.3 is 0 Å². The van der Waals surface area contributed by atoms with Gasteiger partial charge in [-0.2, -0.15) is 0 Å². The summed E-state index contributed by atoms with van der Waals surface area (Å²) in [5, 5.41) is 3.19. The average Bonchev–Trinajstić information content (AvgIpc) is 2.59. The van der Waals surface area contributed by atoms with Gasteiger partial charge < -0.3 is 10.1 Å². The van der Waals surface area contributed by atoms with Gasteiger partial charge in [0, 0.05) is 10.5 Å². The van der Waals surface area contributed by atoms with Crippen molar-refractivity contribution in [3.63, 3.8) is 0 Å². The highest BCUT2D eigenvalue weighted by atomic mass is 32.2. The van der Waals surface area contributed by atoms with Gasteiger partial charge in [0.2, 0.25) is 0 Å². The third-order valence-electron chi connectivity index (χ3n) is 4.12. The highest BCUT2D eigenvalue weighted by molar-refractivity contribution is 7.98. The Bertz CT molecular complexity index is 695. The number of aryl methyl sites for hydroxylation is 1. The fourth-order valence-electron chi connectivity index (χ4n) is 2.64. The molecule has 1 unspecified atom stereocenters. The molecule has 0 aliphatic carbocycles. The van der Waals surface area contributed by atoms with E-state index in [1.165, 1.54) is 0 Å². The van der Waals surface area contributed by atoms with Gasteiger partial charge in [-0.25, -0.2) is 0 Å². The van der Waals surface area contributed by atoms with Gasteiger partial charge in [-0.15, -0.1) is 11.8 Å². The lowest BCUT2D eigenvalue weighted by Gasteiger charge is -2.23. The Labute approximate surface area is 148 Å². The van der Waals surface area contributed by atoms with Crippen molar-refractivity contribution < 1.29 is 9.53 Å². The number of hydrogen-bond acceptors (Lipinski definition) is 3. The number of carbonyl (C=O) groups excluding carboxylic acids is 1. The van der Waals surface area contributed by atoms with E-state index in [4.69, 9.17) is 4.74 Å². The van der Waals surface area contributed by atoms with E-state index in [1.807, 2.05) is 55.6 Å². The summed E-state index contributed by atoms with van der Waals surface area (Å²) >= 11 is 1.64. The normalized spacial score (nSPS) is 12.1. The number of thioether (sulfide) groups is 1.